The Hall–Kier alpha value is -2.86. The van der Waals surface area contributed by atoms with Gasteiger partial charge in [-0.2, -0.15) is 0 Å². The fourth-order valence-electron chi connectivity index (χ4n) is 3.32. The van der Waals surface area contributed by atoms with Crippen molar-refractivity contribution >= 4 is 40.8 Å². The molecule has 0 radical (unpaired) electrons. The van der Waals surface area contributed by atoms with E-state index < -0.39 is 12.1 Å². The van der Waals surface area contributed by atoms with Gasteiger partial charge in [0, 0.05) is 25.2 Å². The second-order valence-corrected chi connectivity index (χ2v) is 7.19. The van der Waals surface area contributed by atoms with Crippen molar-refractivity contribution in [3.63, 3.8) is 0 Å². The Morgan fingerprint density at radius 2 is 1.93 bits per heavy atom. The monoisotopic (exact) mass is 414 g/mol. The minimum absolute atomic E-state index is 0.0255. The molecule has 7 heteroatoms. The number of nitrogens with zero attached hydrogens (tertiary/aromatic N) is 2. The molecular weight excluding hydrogens is 392 g/mol. The van der Waals surface area contributed by atoms with Gasteiger partial charge in [-0.3, -0.25) is 9.59 Å². The second kappa shape index (κ2) is 9.09. The Kier molecular flexibility index (Phi) is 6.54. The normalized spacial score (nSPS) is 14.6. The molecule has 0 bridgehead atoms. The summed E-state index contributed by atoms with van der Waals surface area (Å²) in [7, 11) is 0. The van der Waals surface area contributed by atoms with Crippen molar-refractivity contribution in [3.8, 4) is 0 Å². The van der Waals surface area contributed by atoms with E-state index in [0.29, 0.717) is 30.2 Å². The molecule has 152 valence electrons. The van der Waals surface area contributed by atoms with Gasteiger partial charge >= 0.3 is 5.97 Å². The van der Waals surface area contributed by atoms with Gasteiger partial charge in [-0.15, -0.1) is 0 Å². The van der Waals surface area contributed by atoms with E-state index >= 15 is 0 Å². The highest BCUT2D eigenvalue weighted by atomic mass is 35.5. The molecule has 0 aromatic heterocycles. The van der Waals surface area contributed by atoms with Crippen LogP contribution < -0.4 is 9.80 Å². The van der Waals surface area contributed by atoms with Crippen LogP contribution >= 0.6 is 11.6 Å². The van der Waals surface area contributed by atoms with Crippen LogP contribution in [0.3, 0.4) is 0 Å². The first-order valence-electron chi connectivity index (χ1n) is 9.59. The Morgan fingerprint density at radius 3 is 2.55 bits per heavy atom. The third-order valence-corrected chi connectivity index (χ3v) is 5.15. The number of rotatable bonds is 6. The number of carbonyl (C=O) groups is 3. The lowest BCUT2D eigenvalue weighted by molar-refractivity contribution is -0.126. The molecule has 1 saturated heterocycles. The Labute approximate surface area is 175 Å². The number of carbonyl (C=O) groups excluding carboxylic acids is 3. The highest BCUT2D eigenvalue weighted by molar-refractivity contribution is 6.34. The summed E-state index contributed by atoms with van der Waals surface area (Å²) in [4.78, 5) is 40.6. The van der Waals surface area contributed by atoms with E-state index in [9.17, 15) is 14.4 Å². The fraction of sp³-hybridized carbons (Fsp3) is 0.318. The quantitative estimate of drug-likeness (QED) is 0.668. The lowest BCUT2D eigenvalue weighted by atomic mass is 10.2. The number of halogens is 1. The maximum absolute atomic E-state index is 12.8. The third kappa shape index (κ3) is 4.59. The predicted molar refractivity (Wildman–Crippen MR) is 112 cm³/mol. The van der Waals surface area contributed by atoms with Gasteiger partial charge in [0.25, 0.3) is 5.91 Å². The Morgan fingerprint density at radius 1 is 1.21 bits per heavy atom. The number of esters is 1. The highest BCUT2D eigenvalue weighted by Gasteiger charge is 2.27. The summed E-state index contributed by atoms with van der Waals surface area (Å²) in [6.45, 7) is 4.42. The second-order valence-electron chi connectivity index (χ2n) is 6.78. The van der Waals surface area contributed by atoms with E-state index in [1.54, 1.807) is 28.9 Å². The molecule has 0 spiro atoms. The molecule has 1 fully saturated rings. The zero-order valence-electron chi connectivity index (χ0n) is 16.4. The van der Waals surface area contributed by atoms with E-state index in [1.165, 1.54) is 6.07 Å². The summed E-state index contributed by atoms with van der Waals surface area (Å²) < 4.78 is 5.41. The molecule has 1 atom stereocenters. The third-order valence-electron chi connectivity index (χ3n) is 4.83. The summed E-state index contributed by atoms with van der Waals surface area (Å²) >= 11 is 6.22. The van der Waals surface area contributed by atoms with E-state index in [0.717, 1.165) is 12.1 Å². The number of anilines is 2. The van der Waals surface area contributed by atoms with Gasteiger partial charge in [0.2, 0.25) is 5.91 Å². The molecule has 6 nitrogen and oxygen atoms in total. The average Bonchev–Trinajstić information content (AvgIpc) is 3.15. The number of likely N-dealkylation sites (N-methyl/N-ethyl adjacent to an activating group) is 1. The molecule has 2 aromatic rings. The van der Waals surface area contributed by atoms with Crippen LogP contribution in [-0.2, 0) is 14.3 Å². The first-order valence-corrected chi connectivity index (χ1v) is 9.97. The average molecular weight is 415 g/mol. The molecule has 2 amide bonds. The Balaban J connectivity index is 1.74. The summed E-state index contributed by atoms with van der Waals surface area (Å²) in [6.07, 6.45) is 0.250. The number of hydrogen-bond acceptors (Lipinski definition) is 4. The zero-order valence-corrected chi connectivity index (χ0v) is 17.2. The van der Waals surface area contributed by atoms with Gasteiger partial charge in [0.05, 0.1) is 16.3 Å². The molecule has 0 N–H and O–H groups in total. The van der Waals surface area contributed by atoms with Crippen molar-refractivity contribution in [3.05, 3.63) is 59.1 Å². The first-order chi connectivity index (χ1) is 13.9. The van der Waals surface area contributed by atoms with Crippen LogP contribution in [0.15, 0.2) is 48.5 Å². The Bertz CT molecular complexity index is 916. The van der Waals surface area contributed by atoms with E-state index in [4.69, 9.17) is 16.3 Å². The summed E-state index contributed by atoms with van der Waals surface area (Å²) in [5.41, 5.74) is 1.47. The summed E-state index contributed by atoms with van der Waals surface area (Å²) in [5.74, 6) is -0.974. The lowest BCUT2D eigenvalue weighted by Gasteiger charge is -2.24. The molecule has 29 heavy (non-hydrogen) atoms. The number of benzene rings is 2. The van der Waals surface area contributed by atoms with Gasteiger partial charge in [0.1, 0.15) is 0 Å². The van der Waals surface area contributed by atoms with Crippen molar-refractivity contribution in [2.75, 3.05) is 22.9 Å². The maximum Gasteiger partial charge on any atom is 0.338 e. The molecule has 0 saturated carbocycles. The summed E-state index contributed by atoms with van der Waals surface area (Å²) in [5, 5.41) is 0.391. The van der Waals surface area contributed by atoms with Crippen molar-refractivity contribution in [2.24, 2.45) is 0 Å². The van der Waals surface area contributed by atoms with Gasteiger partial charge in [-0.25, -0.2) is 4.79 Å². The van der Waals surface area contributed by atoms with Crippen molar-refractivity contribution in [1.82, 2.24) is 0 Å². The smallest absolute Gasteiger partial charge is 0.338 e. The number of hydrogen-bond donors (Lipinski definition) is 0. The molecular formula is C22H23ClN2O4. The minimum atomic E-state index is -0.963. The van der Waals surface area contributed by atoms with Gasteiger partial charge in [-0.05, 0) is 50.6 Å². The molecule has 0 aliphatic carbocycles. The number of para-hydroxylation sites is 1. The molecule has 0 unspecified atom stereocenters. The lowest BCUT2D eigenvalue weighted by Crippen LogP contribution is -2.40. The maximum atomic E-state index is 12.8. The van der Waals surface area contributed by atoms with Crippen LogP contribution in [0, 0.1) is 0 Å². The highest BCUT2D eigenvalue weighted by Crippen LogP contribution is 2.30. The molecule has 2 aromatic carbocycles. The first kappa shape index (κ1) is 20.9. The number of ether oxygens (including phenoxy) is 1. The van der Waals surface area contributed by atoms with Gasteiger partial charge < -0.3 is 14.5 Å². The van der Waals surface area contributed by atoms with E-state index in [-0.39, 0.29) is 17.4 Å². The standard InChI is InChI=1S/C22H23ClN2O4/c1-3-24(17-8-5-4-6-9-17)21(27)15(2)29-22(28)16-11-12-18(23)19(14-16)25-13-7-10-20(25)26/h4-6,8-9,11-12,14-15H,3,7,10,13H2,1-2H3/t15-/m0/s1. The topological polar surface area (TPSA) is 66.9 Å². The van der Waals surface area contributed by atoms with Crippen LogP contribution in [0.2, 0.25) is 5.02 Å². The summed E-state index contributed by atoms with van der Waals surface area (Å²) in [6, 6.07) is 13.8. The van der Waals surface area contributed by atoms with Crippen LogP contribution in [0.1, 0.15) is 37.0 Å². The van der Waals surface area contributed by atoms with Crippen molar-refractivity contribution < 1.29 is 19.1 Å². The largest absolute Gasteiger partial charge is 0.449 e. The van der Waals surface area contributed by atoms with Gasteiger partial charge in [0.15, 0.2) is 6.10 Å². The van der Waals surface area contributed by atoms with Crippen LogP contribution in [-0.4, -0.2) is 37.0 Å². The van der Waals surface area contributed by atoms with Crippen LogP contribution in [0.25, 0.3) is 0 Å². The number of amides is 2. The van der Waals surface area contributed by atoms with E-state index in [2.05, 4.69) is 0 Å². The molecule has 1 heterocycles. The minimum Gasteiger partial charge on any atom is -0.449 e. The van der Waals surface area contributed by atoms with Crippen LogP contribution in [0.4, 0.5) is 11.4 Å². The molecule has 3 rings (SSSR count). The zero-order chi connectivity index (χ0) is 21.0. The molecule has 1 aliphatic rings. The van der Waals surface area contributed by atoms with Gasteiger partial charge in [-0.1, -0.05) is 29.8 Å². The SMILES string of the molecule is CCN(C(=O)[C@H](C)OC(=O)c1ccc(Cl)c(N2CCCC2=O)c1)c1ccccc1. The van der Waals surface area contributed by atoms with Crippen molar-refractivity contribution in [2.45, 2.75) is 32.8 Å². The van der Waals surface area contributed by atoms with Crippen molar-refractivity contribution in [1.29, 1.82) is 0 Å². The predicted octanol–water partition coefficient (Wildman–Crippen LogP) is 4.07. The van der Waals surface area contributed by atoms with Crippen LogP contribution in [0.5, 0.6) is 0 Å². The van der Waals surface area contributed by atoms with E-state index in [1.807, 2.05) is 37.3 Å². The molecule has 1 aliphatic heterocycles. The fourth-order valence-corrected chi connectivity index (χ4v) is 3.54.